The highest BCUT2D eigenvalue weighted by Gasteiger charge is 2.50. The third kappa shape index (κ3) is 3.65. The number of carbonyl (C=O) groups is 3. The van der Waals surface area contributed by atoms with Gasteiger partial charge in [-0.15, -0.1) is 0 Å². The largest absolute Gasteiger partial charge is 0.454 e. The second kappa shape index (κ2) is 8.22. The minimum atomic E-state index is -1.00. The fourth-order valence-electron chi connectivity index (χ4n) is 3.89. The second-order valence-corrected chi connectivity index (χ2v) is 7.55. The molecule has 1 aliphatic heterocycles. The molecule has 8 heteroatoms. The van der Waals surface area contributed by atoms with E-state index >= 15 is 0 Å². The number of rotatable bonds is 6. The second-order valence-electron chi connectivity index (χ2n) is 7.55. The minimum absolute atomic E-state index is 0.141. The van der Waals surface area contributed by atoms with Crippen LogP contribution < -0.4 is 0 Å². The topological polar surface area (TPSA) is 103 Å². The van der Waals surface area contributed by atoms with Gasteiger partial charge in [0.1, 0.15) is 6.04 Å². The van der Waals surface area contributed by atoms with Gasteiger partial charge in [0.25, 0.3) is 5.89 Å². The molecule has 0 radical (unpaired) electrons. The van der Waals surface area contributed by atoms with Crippen LogP contribution in [0.4, 0.5) is 0 Å². The van der Waals surface area contributed by atoms with Gasteiger partial charge in [0, 0.05) is 5.56 Å². The van der Waals surface area contributed by atoms with Crippen LogP contribution >= 0.6 is 0 Å². The van der Waals surface area contributed by atoms with E-state index in [9.17, 15) is 14.4 Å². The summed E-state index contributed by atoms with van der Waals surface area (Å²) >= 11 is 0. The third-order valence-corrected chi connectivity index (χ3v) is 5.70. The first-order chi connectivity index (χ1) is 14.5. The average Bonchev–Trinajstić information content (AvgIpc) is 3.35. The van der Waals surface area contributed by atoms with Crippen molar-refractivity contribution in [2.24, 2.45) is 11.8 Å². The number of nitrogens with zero attached hydrogens (tertiary/aromatic N) is 3. The van der Waals surface area contributed by atoms with Crippen molar-refractivity contribution in [2.75, 3.05) is 0 Å². The van der Waals surface area contributed by atoms with Crippen LogP contribution in [0.3, 0.4) is 0 Å². The molecule has 156 valence electrons. The number of hydrogen-bond acceptors (Lipinski definition) is 7. The Morgan fingerprint density at radius 3 is 2.40 bits per heavy atom. The molecule has 0 saturated carbocycles. The maximum atomic E-state index is 12.6. The molecule has 8 nitrogen and oxygen atoms in total. The summed E-state index contributed by atoms with van der Waals surface area (Å²) in [6.45, 7) is 3.34. The first-order valence-electron chi connectivity index (χ1n) is 10.1. The Bertz CT molecular complexity index is 968. The van der Waals surface area contributed by atoms with Crippen LogP contribution in [0.2, 0.25) is 0 Å². The average molecular weight is 409 g/mol. The first kappa shape index (κ1) is 20.0. The zero-order chi connectivity index (χ0) is 21.3. The lowest BCUT2D eigenvalue weighted by molar-refractivity contribution is -0.159. The van der Waals surface area contributed by atoms with E-state index < -0.39 is 12.0 Å². The Kier molecular flexibility index (Phi) is 5.48. The summed E-state index contributed by atoms with van der Waals surface area (Å²) < 4.78 is 10.4. The molecule has 1 aromatic heterocycles. The molecule has 2 heterocycles. The van der Waals surface area contributed by atoms with E-state index in [2.05, 4.69) is 17.1 Å². The number of allylic oxidation sites excluding steroid dienone is 2. The van der Waals surface area contributed by atoms with Crippen LogP contribution in [0.1, 0.15) is 38.1 Å². The molecule has 3 atom stereocenters. The summed E-state index contributed by atoms with van der Waals surface area (Å²) in [5, 5.41) is 3.91. The molecule has 4 rings (SSSR count). The van der Waals surface area contributed by atoms with E-state index in [4.69, 9.17) is 9.26 Å². The smallest absolute Gasteiger partial charge is 0.329 e. The molecule has 1 aliphatic carbocycles. The normalized spacial score (nSPS) is 21.6. The van der Waals surface area contributed by atoms with Gasteiger partial charge in [0.15, 0.2) is 6.61 Å². The SMILES string of the molecule is CCc1ccc(-c2noc(COC(=O)[C@H](C)N3C(=O)[C@H]4CC=CC[C@@H]4C3=O)n2)cc1. The summed E-state index contributed by atoms with van der Waals surface area (Å²) in [5.41, 5.74) is 2.00. The maximum absolute atomic E-state index is 12.6. The van der Waals surface area contributed by atoms with Crippen LogP contribution in [0.25, 0.3) is 11.4 Å². The Hall–Kier alpha value is -3.29. The van der Waals surface area contributed by atoms with Gasteiger partial charge in [-0.1, -0.05) is 48.5 Å². The molecule has 0 unspecified atom stereocenters. The number of aromatic nitrogens is 2. The van der Waals surface area contributed by atoms with Crippen LogP contribution in [0.15, 0.2) is 40.9 Å². The van der Waals surface area contributed by atoms with Crippen molar-refractivity contribution in [3.63, 3.8) is 0 Å². The van der Waals surface area contributed by atoms with E-state index in [0.29, 0.717) is 18.7 Å². The van der Waals surface area contributed by atoms with Crippen molar-refractivity contribution in [3.8, 4) is 11.4 Å². The van der Waals surface area contributed by atoms with Gasteiger partial charge in [0.05, 0.1) is 11.8 Å². The zero-order valence-electron chi connectivity index (χ0n) is 16.9. The highest BCUT2D eigenvalue weighted by Crippen LogP contribution is 2.36. The lowest BCUT2D eigenvalue weighted by Crippen LogP contribution is -2.44. The van der Waals surface area contributed by atoms with E-state index in [1.807, 2.05) is 36.4 Å². The minimum Gasteiger partial charge on any atom is -0.454 e. The molecular formula is C22H23N3O5. The Balaban J connectivity index is 1.37. The summed E-state index contributed by atoms with van der Waals surface area (Å²) in [7, 11) is 0. The number of hydrogen-bond donors (Lipinski definition) is 0. The van der Waals surface area contributed by atoms with E-state index in [1.165, 1.54) is 12.5 Å². The van der Waals surface area contributed by atoms with Crippen LogP contribution in [-0.2, 0) is 32.1 Å². The van der Waals surface area contributed by atoms with Gasteiger partial charge >= 0.3 is 5.97 Å². The summed E-state index contributed by atoms with van der Waals surface area (Å²) in [6.07, 6.45) is 5.80. The number of ether oxygens (including phenoxy) is 1. The fourth-order valence-corrected chi connectivity index (χ4v) is 3.89. The van der Waals surface area contributed by atoms with Crippen LogP contribution in [-0.4, -0.2) is 38.9 Å². The molecule has 0 N–H and O–H groups in total. The Labute approximate surface area is 173 Å². The molecule has 1 saturated heterocycles. The number of likely N-dealkylation sites (tertiary alicyclic amines) is 1. The fraction of sp³-hybridized carbons (Fsp3) is 0.409. The van der Waals surface area contributed by atoms with Gasteiger partial charge in [-0.3, -0.25) is 14.5 Å². The molecule has 1 fully saturated rings. The van der Waals surface area contributed by atoms with Gasteiger partial charge in [-0.25, -0.2) is 4.79 Å². The lowest BCUT2D eigenvalue weighted by Gasteiger charge is -2.21. The number of amides is 2. The first-order valence-corrected chi connectivity index (χ1v) is 10.1. The lowest BCUT2D eigenvalue weighted by atomic mass is 9.85. The number of carbonyl (C=O) groups excluding carboxylic acids is 3. The van der Waals surface area contributed by atoms with Gasteiger partial charge in [-0.2, -0.15) is 4.98 Å². The van der Waals surface area contributed by atoms with Crippen molar-refractivity contribution in [2.45, 2.75) is 45.8 Å². The molecule has 30 heavy (non-hydrogen) atoms. The van der Waals surface area contributed by atoms with Crippen molar-refractivity contribution in [3.05, 3.63) is 47.9 Å². The predicted molar refractivity (Wildman–Crippen MR) is 106 cm³/mol. The number of imide groups is 1. The standard InChI is InChI=1S/C22H23N3O5/c1-3-14-8-10-15(11-9-14)19-23-18(30-24-19)12-29-22(28)13(2)25-20(26)16-6-4-5-7-17(16)21(25)27/h4-5,8-11,13,16-17H,3,6-7,12H2,1-2H3/t13-,16-,17-/m0/s1. The van der Waals surface area contributed by atoms with Crippen molar-refractivity contribution in [1.29, 1.82) is 0 Å². The van der Waals surface area contributed by atoms with E-state index in [-0.39, 0.29) is 36.1 Å². The Morgan fingerprint density at radius 1 is 1.17 bits per heavy atom. The monoisotopic (exact) mass is 409 g/mol. The van der Waals surface area contributed by atoms with Crippen LogP contribution in [0.5, 0.6) is 0 Å². The molecule has 2 amide bonds. The number of esters is 1. The van der Waals surface area contributed by atoms with E-state index in [1.54, 1.807) is 0 Å². The molecule has 1 aromatic carbocycles. The molecule has 0 bridgehead atoms. The van der Waals surface area contributed by atoms with Crippen LogP contribution in [0, 0.1) is 11.8 Å². The van der Waals surface area contributed by atoms with Gasteiger partial charge < -0.3 is 9.26 Å². The third-order valence-electron chi connectivity index (χ3n) is 5.70. The highest BCUT2D eigenvalue weighted by atomic mass is 16.6. The Morgan fingerprint density at radius 2 is 1.80 bits per heavy atom. The quantitative estimate of drug-likeness (QED) is 0.410. The predicted octanol–water partition coefficient (Wildman–Crippen LogP) is 2.68. The summed E-state index contributed by atoms with van der Waals surface area (Å²) in [6, 6.07) is 6.79. The van der Waals surface area contributed by atoms with E-state index in [0.717, 1.165) is 16.9 Å². The van der Waals surface area contributed by atoms with Gasteiger partial charge in [-0.05, 0) is 31.7 Å². The molecule has 0 spiro atoms. The highest BCUT2D eigenvalue weighted by molar-refractivity contribution is 6.08. The van der Waals surface area contributed by atoms with Crippen molar-refractivity contribution < 1.29 is 23.6 Å². The summed E-state index contributed by atoms with van der Waals surface area (Å²) in [5.74, 6) is -1.52. The zero-order valence-corrected chi connectivity index (χ0v) is 16.9. The van der Waals surface area contributed by atoms with Crippen molar-refractivity contribution >= 4 is 17.8 Å². The summed E-state index contributed by atoms with van der Waals surface area (Å²) in [4.78, 5) is 43.0. The number of benzene rings is 1. The number of fused-ring (bicyclic) bond motifs is 1. The molecular weight excluding hydrogens is 386 g/mol. The molecule has 2 aliphatic rings. The van der Waals surface area contributed by atoms with Gasteiger partial charge in [0.2, 0.25) is 17.6 Å². The molecule has 2 aromatic rings. The van der Waals surface area contributed by atoms with Crippen molar-refractivity contribution in [1.82, 2.24) is 15.0 Å². The number of aryl methyl sites for hydroxylation is 1. The maximum Gasteiger partial charge on any atom is 0.329 e.